The quantitative estimate of drug-likeness (QED) is 0.884. The van der Waals surface area contributed by atoms with Crippen molar-refractivity contribution in [3.8, 4) is 10.7 Å². The lowest BCUT2D eigenvalue weighted by Crippen LogP contribution is -2.47. The van der Waals surface area contributed by atoms with Crippen molar-refractivity contribution >= 4 is 17.2 Å². The maximum Gasteiger partial charge on any atom is 0.270 e. The molecule has 1 fully saturated rings. The highest BCUT2D eigenvalue weighted by Crippen LogP contribution is 2.30. The zero-order chi connectivity index (χ0) is 14.0. The first-order valence-electron chi connectivity index (χ1n) is 6.39. The minimum atomic E-state index is -0.723. The van der Waals surface area contributed by atoms with Crippen LogP contribution in [-0.2, 0) is 0 Å². The molecule has 3 rings (SSSR count). The van der Waals surface area contributed by atoms with E-state index in [4.69, 9.17) is 0 Å². The number of aromatic nitrogens is 3. The molecule has 0 radical (unpaired) electrons. The zero-order valence-corrected chi connectivity index (χ0v) is 11.6. The summed E-state index contributed by atoms with van der Waals surface area (Å²) in [6.07, 6.45) is 7.29. The van der Waals surface area contributed by atoms with E-state index >= 15 is 0 Å². The molecule has 1 aliphatic rings. The molecule has 0 aliphatic heterocycles. The van der Waals surface area contributed by atoms with Crippen molar-refractivity contribution in [1.82, 2.24) is 20.3 Å². The predicted molar refractivity (Wildman–Crippen MR) is 74.3 cm³/mol. The van der Waals surface area contributed by atoms with Crippen LogP contribution in [0.3, 0.4) is 0 Å². The summed E-state index contributed by atoms with van der Waals surface area (Å²) in [4.78, 5) is 24.3. The van der Waals surface area contributed by atoms with Crippen LogP contribution in [0.15, 0.2) is 24.0 Å². The Morgan fingerprint density at radius 3 is 2.95 bits per heavy atom. The van der Waals surface area contributed by atoms with E-state index in [-0.39, 0.29) is 12.5 Å². The molecule has 2 heterocycles. The minimum absolute atomic E-state index is 0.267. The topological polar surface area (TPSA) is 88.0 Å². The number of thiazole rings is 1. The van der Waals surface area contributed by atoms with E-state index in [0.29, 0.717) is 16.4 Å². The molecule has 7 heteroatoms. The molecular weight excluding hydrogens is 276 g/mol. The molecule has 1 amide bonds. The summed E-state index contributed by atoms with van der Waals surface area (Å²) in [6, 6.07) is 0. The number of nitrogens with zero attached hydrogens (tertiary/aromatic N) is 3. The SMILES string of the molecule is O=C(NCC1(O)CCC1)c1csc(-c2cnccn2)n1. The van der Waals surface area contributed by atoms with Crippen LogP contribution >= 0.6 is 11.3 Å². The van der Waals surface area contributed by atoms with Crippen molar-refractivity contribution < 1.29 is 9.90 Å². The molecular formula is C13H14N4O2S. The summed E-state index contributed by atoms with van der Waals surface area (Å²) < 4.78 is 0. The van der Waals surface area contributed by atoms with Gasteiger partial charge in [-0.15, -0.1) is 11.3 Å². The smallest absolute Gasteiger partial charge is 0.270 e. The van der Waals surface area contributed by atoms with Crippen molar-refractivity contribution in [2.45, 2.75) is 24.9 Å². The second kappa shape index (κ2) is 5.26. The first-order chi connectivity index (χ1) is 9.66. The van der Waals surface area contributed by atoms with Crippen molar-refractivity contribution in [3.05, 3.63) is 29.7 Å². The van der Waals surface area contributed by atoms with Gasteiger partial charge in [0.2, 0.25) is 0 Å². The Labute approximate surface area is 119 Å². The van der Waals surface area contributed by atoms with Gasteiger partial charge in [0.05, 0.1) is 11.8 Å². The van der Waals surface area contributed by atoms with Crippen molar-refractivity contribution in [2.75, 3.05) is 6.54 Å². The van der Waals surface area contributed by atoms with E-state index < -0.39 is 5.60 Å². The van der Waals surface area contributed by atoms with Crippen LogP contribution in [0.1, 0.15) is 29.8 Å². The van der Waals surface area contributed by atoms with Gasteiger partial charge in [-0.1, -0.05) is 0 Å². The van der Waals surface area contributed by atoms with Crippen molar-refractivity contribution in [1.29, 1.82) is 0 Å². The van der Waals surface area contributed by atoms with E-state index in [0.717, 1.165) is 19.3 Å². The summed E-state index contributed by atoms with van der Waals surface area (Å²) in [5.41, 5.74) is 0.270. The Morgan fingerprint density at radius 1 is 1.45 bits per heavy atom. The fourth-order valence-electron chi connectivity index (χ4n) is 2.00. The minimum Gasteiger partial charge on any atom is -0.388 e. The molecule has 0 aromatic carbocycles. The van der Waals surface area contributed by atoms with E-state index in [9.17, 15) is 9.90 Å². The summed E-state index contributed by atoms with van der Waals surface area (Å²) >= 11 is 1.35. The largest absolute Gasteiger partial charge is 0.388 e. The third kappa shape index (κ3) is 2.68. The molecule has 1 aliphatic carbocycles. The van der Waals surface area contributed by atoms with Crippen molar-refractivity contribution in [3.63, 3.8) is 0 Å². The predicted octanol–water partition coefficient (Wildman–Crippen LogP) is 1.24. The number of carbonyl (C=O) groups excluding carboxylic acids is 1. The van der Waals surface area contributed by atoms with E-state index in [1.165, 1.54) is 11.3 Å². The standard InChI is InChI=1S/C13H14N4O2S/c18-11(16-8-13(19)2-1-3-13)10-7-20-12(17-10)9-6-14-4-5-15-9/h4-7,19H,1-3,8H2,(H,16,18). The van der Waals surface area contributed by atoms with Crippen LogP contribution in [0.5, 0.6) is 0 Å². The van der Waals surface area contributed by atoms with Crippen LogP contribution in [0.25, 0.3) is 10.7 Å². The molecule has 0 saturated heterocycles. The summed E-state index contributed by atoms with van der Waals surface area (Å²) in [6.45, 7) is 0.282. The highest BCUT2D eigenvalue weighted by atomic mass is 32.1. The van der Waals surface area contributed by atoms with Crippen LogP contribution in [0, 0.1) is 0 Å². The number of hydrogen-bond acceptors (Lipinski definition) is 6. The third-order valence-corrected chi connectivity index (χ3v) is 4.25. The second-order valence-electron chi connectivity index (χ2n) is 4.89. The lowest BCUT2D eigenvalue weighted by molar-refractivity contribution is -0.0300. The number of nitrogens with one attached hydrogen (secondary N) is 1. The first-order valence-corrected chi connectivity index (χ1v) is 7.27. The highest BCUT2D eigenvalue weighted by molar-refractivity contribution is 7.13. The zero-order valence-electron chi connectivity index (χ0n) is 10.7. The molecule has 0 atom stereocenters. The lowest BCUT2D eigenvalue weighted by atomic mass is 9.80. The van der Waals surface area contributed by atoms with Gasteiger partial charge in [-0.3, -0.25) is 14.8 Å². The van der Waals surface area contributed by atoms with Crippen LogP contribution in [-0.4, -0.2) is 38.1 Å². The molecule has 104 valence electrons. The molecule has 2 N–H and O–H groups in total. The summed E-state index contributed by atoms with van der Waals surface area (Å²) in [5, 5.41) is 15.0. The van der Waals surface area contributed by atoms with E-state index in [2.05, 4.69) is 20.3 Å². The monoisotopic (exact) mass is 290 g/mol. The molecule has 20 heavy (non-hydrogen) atoms. The van der Waals surface area contributed by atoms with Gasteiger partial charge in [0.1, 0.15) is 16.4 Å². The van der Waals surface area contributed by atoms with Gasteiger partial charge in [0.25, 0.3) is 5.91 Å². The molecule has 2 aromatic heterocycles. The first kappa shape index (κ1) is 13.1. The average Bonchev–Trinajstić information content (AvgIpc) is 2.93. The van der Waals surface area contributed by atoms with E-state index in [1.54, 1.807) is 24.0 Å². The maximum atomic E-state index is 12.0. The molecule has 2 aromatic rings. The molecule has 0 unspecified atom stereocenters. The van der Waals surface area contributed by atoms with Crippen molar-refractivity contribution in [2.24, 2.45) is 0 Å². The van der Waals surface area contributed by atoms with Gasteiger partial charge >= 0.3 is 0 Å². The van der Waals surface area contributed by atoms with Crippen LogP contribution < -0.4 is 5.32 Å². The van der Waals surface area contributed by atoms with Gasteiger partial charge in [0.15, 0.2) is 0 Å². The number of aliphatic hydroxyl groups is 1. The summed E-state index contributed by atoms with van der Waals surface area (Å²) in [5.74, 6) is -0.267. The van der Waals surface area contributed by atoms with Crippen LogP contribution in [0.2, 0.25) is 0 Å². The van der Waals surface area contributed by atoms with Gasteiger partial charge in [-0.2, -0.15) is 0 Å². The van der Waals surface area contributed by atoms with Gasteiger partial charge < -0.3 is 10.4 Å². The fraction of sp³-hybridized carbons (Fsp3) is 0.385. The molecule has 6 nitrogen and oxygen atoms in total. The highest BCUT2D eigenvalue weighted by Gasteiger charge is 2.34. The maximum absolute atomic E-state index is 12.0. The molecule has 1 saturated carbocycles. The molecule has 0 spiro atoms. The lowest BCUT2D eigenvalue weighted by Gasteiger charge is -2.36. The normalized spacial score (nSPS) is 16.4. The molecule has 0 bridgehead atoms. The number of hydrogen-bond donors (Lipinski definition) is 2. The Bertz CT molecular complexity index is 610. The average molecular weight is 290 g/mol. The van der Waals surface area contributed by atoms with Crippen LogP contribution in [0.4, 0.5) is 0 Å². The number of amides is 1. The third-order valence-electron chi connectivity index (χ3n) is 3.38. The number of carbonyl (C=O) groups is 1. The van der Waals surface area contributed by atoms with Gasteiger partial charge in [0, 0.05) is 24.3 Å². The fourth-order valence-corrected chi connectivity index (χ4v) is 2.76. The Hall–Kier alpha value is -1.86. The second-order valence-corrected chi connectivity index (χ2v) is 5.75. The Balaban J connectivity index is 1.66. The Kier molecular flexibility index (Phi) is 3.45. The van der Waals surface area contributed by atoms with Gasteiger partial charge in [-0.25, -0.2) is 4.98 Å². The van der Waals surface area contributed by atoms with E-state index in [1.807, 2.05) is 0 Å². The van der Waals surface area contributed by atoms with Gasteiger partial charge in [-0.05, 0) is 19.3 Å². The Morgan fingerprint density at radius 2 is 2.30 bits per heavy atom. The number of rotatable bonds is 4. The summed E-state index contributed by atoms with van der Waals surface area (Å²) in [7, 11) is 0.